The largest absolute Gasteiger partial charge is 0.493 e. The van der Waals surface area contributed by atoms with E-state index in [-0.39, 0.29) is 11.4 Å². The topological polar surface area (TPSA) is 70.5 Å². The van der Waals surface area contributed by atoms with Gasteiger partial charge in [-0.15, -0.1) is 0 Å². The first-order chi connectivity index (χ1) is 19.5. The van der Waals surface area contributed by atoms with Crippen LogP contribution in [0.1, 0.15) is 95.3 Å². The van der Waals surface area contributed by atoms with Crippen LogP contribution in [0.25, 0.3) is 11.3 Å². The maximum Gasteiger partial charge on any atom is 0.347 e. The van der Waals surface area contributed by atoms with Crippen LogP contribution < -0.4 is 14.2 Å². The van der Waals surface area contributed by atoms with Crippen molar-refractivity contribution in [1.82, 2.24) is 9.97 Å². The highest BCUT2D eigenvalue weighted by atomic mass is 19.1. The maximum absolute atomic E-state index is 14.6. The van der Waals surface area contributed by atoms with Gasteiger partial charge in [-0.3, -0.25) is 0 Å². The Morgan fingerprint density at radius 2 is 1.50 bits per heavy atom. The van der Waals surface area contributed by atoms with Crippen LogP contribution in [-0.4, -0.2) is 29.2 Å². The van der Waals surface area contributed by atoms with Crippen molar-refractivity contribution in [3.63, 3.8) is 0 Å². The molecule has 1 unspecified atom stereocenters. The molecule has 6 nitrogen and oxygen atoms in total. The van der Waals surface area contributed by atoms with Gasteiger partial charge in [0.25, 0.3) is 0 Å². The lowest BCUT2D eigenvalue weighted by atomic mass is 10.1. The number of benzene rings is 2. The Bertz CT molecular complexity index is 1150. The van der Waals surface area contributed by atoms with Crippen molar-refractivity contribution >= 4 is 5.97 Å². The van der Waals surface area contributed by atoms with Crippen LogP contribution in [-0.2, 0) is 0 Å². The zero-order chi connectivity index (χ0) is 28.6. The van der Waals surface area contributed by atoms with Crippen LogP contribution in [0.5, 0.6) is 17.4 Å². The Labute approximate surface area is 238 Å². The molecule has 0 spiro atoms. The molecule has 0 aliphatic carbocycles. The molecule has 0 aliphatic rings. The van der Waals surface area contributed by atoms with Crippen LogP contribution in [0, 0.1) is 11.7 Å². The normalized spacial score (nSPS) is 11.7. The highest BCUT2D eigenvalue weighted by Crippen LogP contribution is 2.23. The maximum atomic E-state index is 14.6. The summed E-state index contributed by atoms with van der Waals surface area (Å²) in [4.78, 5) is 21.0. The van der Waals surface area contributed by atoms with Crippen LogP contribution >= 0.6 is 0 Å². The van der Waals surface area contributed by atoms with Gasteiger partial charge in [0, 0.05) is 11.6 Å². The number of rotatable bonds is 18. The minimum absolute atomic E-state index is 0.00709. The van der Waals surface area contributed by atoms with Crippen LogP contribution in [0.15, 0.2) is 54.9 Å². The Kier molecular flexibility index (Phi) is 13.4. The van der Waals surface area contributed by atoms with Crippen LogP contribution in [0.3, 0.4) is 0 Å². The number of carbonyl (C=O) groups excluding carboxylic acids is 1. The molecule has 40 heavy (non-hydrogen) atoms. The van der Waals surface area contributed by atoms with E-state index in [1.165, 1.54) is 69.5 Å². The SMILES string of the molecule is CCCCCCCCCCCOc1ccc(C(=O)Oc2cnc(-c3ccc(OCC(C)CC)cc3)cn2)c(F)c1. The second-order valence-electron chi connectivity index (χ2n) is 10.3. The third kappa shape index (κ3) is 10.6. The van der Waals surface area contributed by atoms with Gasteiger partial charge in [0.1, 0.15) is 17.3 Å². The number of ether oxygens (including phenoxy) is 3. The quantitative estimate of drug-likeness (QED) is 0.116. The molecular formula is C33H43FN2O4. The Balaban J connectivity index is 1.42. The smallest absolute Gasteiger partial charge is 0.347 e. The summed E-state index contributed by atoms with van der Waals surface area (Å²) in [6.07, 6.45) is 14.9. The van der Waals surface area contributed by atoms with Crippen molar-refractivity contribution in [1.29, 1.82) is 0 Å². The average molecular weight is 551 g/mol. The number of unbranched alkanes of at least 4 members (excludes halogenated alkanes) is 8. The zero-order valence-corrected chi connectivity index (χ0v) is 24.2. The van der Waals surface area contributed by atoms with E-state index in [1.54, 1.807) is 6.07 Å². The first-order valence-electron chi connectivity index (χ1n) is 14.7. The van der Waals surface area contributed by atoms with E-state index in [0.717, 1.165) is 30.6 Å². The van der Waals surface area contributed by atoms with Gasteiger partial charge in [0.05, 0.1) is 36.9 Å². The minimum Gasteiger partial charge on any atom is -0.493 e. The van der Waals surface area contributed by atoms with Gasteiger partial charge in [-0.2, -0.15) is 0 Å². The summed E-state index contributed by atoms with van der Waals surface area (Å²) in [5, 5.41) is 0. The minimum atomic E-state index is -0.840. The van der Waals surface area contributed by atoms with Gasteiger partial charge in [-0.05, 0) is 48.7 Å². The molecule has 0 fully saturated rings. The van der Waals surface area contributed by atoms with Crippen LogP contribution in [0.4, 0.5) is 4.39 Å². The second-order valence-corrected chi connectivity index (χ2v) is 10.3. The summed E-state index contributed by atoms with van der Waals surface area (Å²) in [5.41, 5.74) is 1.28. The lowest BCUT2D eigenvalue weighted by Crippen LogP contribution is -2.12. The summed E-state index contributed by atoms with van der Waals surface area (Å²) >= 11 is 0. The van der Waals surface area contributed by atoms with Crippen molar-refractivity contribution in [2.75, 3.05) is 13.2 Å². The van der Waals surface area contributed by atoms with E-state index in [9.17, 15) is 9.18 Å². The van der Waals surface area contributed by atoms with Crippen LogP contribution in [0.2, 0.25) is 0 Å². The van der Waals surface area contributed by atoms with Gasteiger partial charge in [-0.25, -0.2) is 19.2 Å². The molecule has 0 saturated heterocycles. The molecule has 0 aliphatic heterocycles. The molecule has 0 bridgehead atoms. The zero-order valence-electron chi connectivity index (χ0n) is 24.2. The van der Waals surface area contributed by atoms with E-state index in [1.807, 2.05) is 24.3 Å². The van der Waals surface area contributed by atoms with Gasteiger partial charge < -0.3 is 14.2 Å². The molecule has 1 heterocycles. The number of carbonyl (C=O) groups is 1. The summed E-state index contributed by atoms with van der Waals surface area (Å²) in [7, 11) is 0. The molecule has 0 amide bonds. The van der Waals surface area contributed by atoms with E-state index < -0.39 is 11.8 Å². The van der Waals surface area contributed by atoms with Crippen molar-refractivity contribution in [3.8, 4) is 28.6 Å². The Hall–Kier alpha value is -3.48. The van der Waals surface area contributed by atoms with Crippen molar-refractivity contribution < 1.29 is 23.4 Å². The first kappa shape index (κ1) is 31.1. The highest BCUT2D eigenvalue weighted by Gasteiger charge is 2.16. The van der Waals surface area contributed by atoms with Gasteiger partial charge in [0.15, 0.2) is 0 Å². The van der Waals surface area contributed by atoms with Gasteiger partial charge in [0.2, 0.25) is 5.88 Å². The summed E-state index contributed by atoms with van der Waals surface area (Å²) in [6, 6.07) is 11.7. The molecule has 7 heteroatoms. The Morgan fingerprint density at radius 1 is 0.825 bits per heavy atom. The lowest BCUT2D eigenvalue weighted by molar-refractivity contribution is 0.0722. The standard InChI is InChI=1S/C33H43FN2O4/c1-4-6-7-8-9-10-11-12-13-20-38-28-18-19-29(30(34)21-28)33(37)40-32-23-35-31(22-36-32)26-14-16-27(17-15-26)39-24-25(3)5-2/h14-19,21-23,25H,4-13,20,24H2,1-3H3. The fourth-order valence-corrected chi connectivity index (χ4v) is 4.10. The van der Waals surface area contributed by atoms with Gasteiger partial charge >= 0.3 is 5.97 Å². The summed E-state index contributed by atoms with van der Waals surface area (Å²) in [6.45, 7) is 7.71. The molecule has 1 atom stereocenters. The molecule has 0 saturated carbocycles. The van der Waals surface area contributed by atoms with Crippen molar-refractivity contribution in [2.24, 2.45) is 5.92 Å². The van der Waals surface area contributed by atoms with Crippen molar-refractivity contribution in [2.45, 2.75) is 85.0 Å². The van der Waals surface area contributed by atoms with E-state index in [2.05, 4.69) is 30.7 Å². The number of esters is 1. The molecule has 216 valence electrons. The number of aromatic nitrogens is 2. The van der Waals surface area contributed by atoms with Crippen molar-refractivity contribution in [3.05, 3.63) is 66.2 Å². The summed E-state index contributed by atoms with van der Waals surface area (Å²) < 4.78 is 31.3. The number of halogens is 1. The number of nitrogens with zero attached hydrogens (tertiary/aromatic N) is 2. The Morgan fingerprint density at radius 3 is 2.12 bits per heavy atom. The van der Waals surface area contributed by atoms with E-state index in [0.29, 0.717) is 30.6 Å². The van der Waals surface area contributed by atoms with E-state index >= 15 is 0 Å². The molecule has 3 aromatic rings. The predicted molar refractivity (Wildman–Crippen MR) is 156 cm³/mol. The molecule has 2 aromatic carbocycles. The third-order valence-electron chi connectivity index (χ3n) is 6.88. The van der Waals surface area contributed by atoms with E-state index in [4.69, 9.17) is 14.2 Å². The average Bonchev–Trinajstić information content (AvgIpc) is 2.97. The lowest BCUT2D eigenvalue weighted by Gasteiger charge is -2.11. The molecule has 0 N–H and O–H groups in total. The monoisotopic (exact) mass is 550 g/mol. The fourth-order valence-electron chi connectivity index (χ4n) is 4.10. The second kappa shape index (κ2) is 17.3. The first-order valence-corrected chi connectivity index (χ1v) is 14.7. The van der Waals surface area contributed by atoms with Gasteiger partial charge in [-0.1, -0.05) is 78.6 Å². The highest BCUT2D eigenvalue weighted by molar-refractivity contribution is 5.91. The molecule has 3 rings (SSSR count). The molecular weight excluding hydrogens is 507 g/mol. The third-order valence-corrected chi connectivity index (χ3v) is 6.88. The molecule has 0 radical (unpaired) electrons. The predicted octanol–water partition coefficient (Wildman–Crippen LogP) is 8.84. The fraction of sp³-hybridized carbons (Fsp3) is 0.485. The molecule has 1 aromatic heterocycles. The summed E-state index contributed by atoms with van der Waals surface area (Å²) in [5.74, 6) is 0.142. The number of hydrogen-bond acceptors (Lipinski definition) is 6. The number of hydrogen-bond donors (Lipinski definition) is 0.